The van der Waals surface area contributed by atoms with Crippen LogP contribution in [0, 0.1) is 0 Å². The molecule has 0 fully saturated rings. The van der Waals surface area contributed by atoms with Crippen LogP contribution in [0.25, 0.3) is 6.08 Å². The lowest BCUT2D eigenvalue weighted by molar-refractivity contribution is 0.185. The van der Waals surface area contributed by atoms with Crippen LogP contribution in [0.4, 0.5) is 0 Å². The Kier molecular flexibility index (Phi) is 4.36. The van der Waals surface area contributed by atoms with Gasteiger partial charge in [-0.3, -0.25) is 0 Å². The van der Waals surface area contributed by atoms with Crippen molar-refractivity contribution < 1.29 is 4.74 Å². The Morgan fingerprint density at radius 2 is 2.29 bits per heavy atom. The Labute approximate surface area is 85.4 Å². The van der Waals surface area contributed by atoms with E-state index < -0.39 is 0 Å². The molecule has 2 N–H and O–H groups in total. The highest BCUT2D eigenvalue weighted by Crippen LogP contribution is 2.08. The second-order valence-electron chi connectivity index (χ2n) is 3.40. The molecule has 14 heavy (non-hydrogen) atoms. The monoisotopic (exact) mass is 191 g/mol. The van der Waals surface area contributed by atoms with Gasteiger partial charge in [-0.2, -0.15) is 0 Å². The Hall–Kier alpha value is -1.12. The average molecular weight is 191 g/mol. The van der Waals surface area contributed by atoms with Crippen LogP contribution in [-0.4, -0.2) is 13.2 Å². The van der Waals surface area contributed by atoms with Gasteiger partial charge in [0, 0.05) is 13.2 Å². The number of rotatable bonds is 4. The second-order valence-corrected chi connectivity index (χ2v) is 3.40. The first-order chi connectivity index (χ1) is 6.72. The number of methoxy groups -OCH3 is 1. The van der Waals surface area contributed by atoms with Crippen LogP contribution < -0.4 is 5.73 Å². The highest BCUT2D eigenvalue weighted by atomic mass is 16.5. The molecule has 0 amide bonds. The van der Waals surface area contributed by atoms with E-state index in [0.29, 0.717) is 6.61 Å². The van der Waals surface area contributed by atoms with Gasteiger partial charge in [-0.05, 0) is 24.1 Å². The van der Waals surface area contributed by atoms with Crippen molar-refractivity contribution in [2.24, 2.45) is 5.73 Å². The smallest absolute Gasteiger partial charge is 0.0713 e. The molecule has 0 saturated heterocycles. The van der Waals surface area contributed by atoms with E-state index in [2.05, 4.69) is 12.1 Å². The van der Waals surface area contributed by atoms with Gasteiger partial charge < -0.3 is 10.5 Å². The van der Waals surface area contributed by atoms with Gasteiger partial charge in [0.15, 0.2) is 0 Å². The summed E-state index contributed by atoms with van der Waals surface area (Å²) in [7, 11) is 1.70. The molecule has 0 aliphatic carbocycles. The highest BCUT2D eigenvalue weighted by Gasteiger charge is 1.92. The SMILES string of the molecule is COCc1cccc(/C=C/C(C)N)c1. The Balaban J connectivity index is 2.73. The van der Waals surface area contributed by atoms with Crippen molar-refractivity contribution in [2.75, 3.05) is 7.11 Å². The van der Waals surface area contributed by atoms with E-state index in [1.54, 1.807) is 7.11 Å². The quantitative estimate of drug-likeness (QED) is 0.791. The minimum absolute atomic E-state index is 0.0982. The lowest BCUT2D eigenvalue weighted by Crippen LogP contribution is -2.09. The maximum Gasteiger partial charge on any atom is 0.0713 e. The first-order valence-electron chi connectivity index (χ1n) is 4.74. The predicted molar refractivity (Wildman–Crippen MR) is 59.8 cm³/mol. The summed E-state index contributed by atoms with van der Waals surface area (Å²) in [5.74, 6) is 0. The summed E-state index contributed by atoms with van der Waals surface area (Å²) in [4.78, 5) is 0. The maximum atomic E-state index is 5.63. The van der Waals surface area contributed by atoms with Crippen LogP contribution in [0.5, 0.6) is 0 Å². The zero-order valence-corrected chi connectivity index (χ0v) is 8.73. The number of nitrogens with two attached hydrogens (primary N) is 1. The number of hydrogen-bond acceptors (Lipinski definition) is 2. The molecular weight excluding hydrogens is 174 g/mol. The molecule has 1 rings (SSSR count). The van der Waals surface area contributed by atoms with Crippen LogP contribution in [0.15, 0.2) is 30.3 Å². The topological polar surface area (TPSA) is 35.2 Å². The van der Waals surface area contributed by atoms with E-state index in [0.717, 1.165) is 5.56 Å². The molecule has 0 saturated carbocycles. The fourth-order valence-electron chi connectivity index (χ4n) is 1.22. The van der Waals surface area contributed by atoms with Gasteiger partial charge in [0.05, 0.1) is 6.61 Å². The standard InChI is InChI=1S/C12H17NO/c1-10(13)6-7-11-4-3-5-12(8-11)9-14-2/h3-8,10H,9,13H2,1-2H3/b7-6+. The molecule has 0 bridgehead atoms. The van der Waals surface area contributed by atoms with Gasteiger partial charge in [0.2, 0.25) is 0 Å². The maximum absolute atomic E-state index is 5.63. The van der Waals surface area contributed by atoms with E-state index in [4.69, 9.17) is 10.5 Å². The van der Waals surface area contributed by atoms with Crippen LogP contribution in [0.2, 0.25) is 0 Å². The van der Waals surface area contributed by atoms with Crippen molar-refractivity contribution in [3.05, 3.63) is 41.5 Å². The molecule has 0 heterocycles. The van der Waals surface area contributed by atoms with Gasteiger partial charge in [-0.15, -0.1) is 0 Å². The summed E-state index contributed by atoms with van der Waals surface area (Å²) in [5, 5.41) is 0. The zero-order chi connectivity index (χ0) is 10.4. The third kappa shape index (κ3) is 3.73. The molecule has 0 aliphatic heterocycles. The molecule has 0 aliphatic rings. The van der Waals surface area contributed by atoms with Gasteiger partial charge in [-0.1, -0.05) is 30.4 Å². The molecule has 1 aromatic carbocycles. The highest BCUT2D eigenvalue weighted by molar-refractivity contribution is 5.50. The van der Waals surface area contributed by atoms with E-state index in [1.165, 1.54) is 5.56 Å². The lowest BCUT2D eigenvalue weighted by Gasteiger charge is -2.01. The minimum Gasteiger partial charge on any atom is -0.380 e. The third-order valence-corrected chi connectivity index (χ3v) is 1.85. The summed E-state index contributed by atoms with van der Waals surface area (Å²) in [5.41, 5.74) is 7.97. The van der Waals surface area contributed by atoms with Crippen LogP contribution in [0.3, 0.4) is 0 Å². The van der Waals surface area contributed by atoms with Crippen molar-refractivity contribution in [1.82, 2.24) is 0 Å². The van der Waals surface area contributed by atoms with Crippen LogP contribution in [0.1, 0.15) is 18.1 Å². The molecule has 0 spiro atoms. The van der Waals surface area contributed by atoms with Gasteiger partial charge >= 0.3 is 0 Å². The van der Waals surface area contributed by atoms with E-state index >= 15 is 0 Å². The van der Waals surface area contributed by atoms with Gasteiger partial charge in [0.1, 0.15) is 0 Å². The number of hydrogen-bond donors (Lipinski definition) is 1. The van der Waals surface area contributed by atoms with E-state index in [1.807, 2.05) is 31.2 Å². The van der Waals surface area contributed by atoms with Crippen LogP contribution >= 0.6 is 0 Å². The molecule has 1 atom stereocenters. The summed E-state index contributed by atoms with van der Waals surface area (Å²) in [6.45, 7) is 2.61. The van der Waals surface area contributed by atoms with Gasteiger partial charge in [0.25, 0.3) is 0 Å². The largest absolute Gasteiger partial charge is 0.380 e. The normalized spacial score (nSPS) is 13.4. The zero-order valence-electron chi connectivity index (χ0n) is 8.73. The summed E-state index contributed by atoms with van der Waals surface area (Å²) in [6.07, 6.45) is 4.01. The first-order valence-corrected chi connectivity index (χ1v) is 4.74. The molecule has 76 valence electrons. The molecule has 2 heteroatoms. The minimum atomic E-state index is 0.0982. The first kappa shape index (κ1) is 11.0. The summed E-state index contributed by atoms with van der Waals surface area (Å²) < 4.78 is 5.06. The van der Waals surface area contributed by atoms with Gasteiger partial charge in [-0.25, -0.2) is 0 Å². The van der Waals surface area contributed by atoms with Crippen LogP contribution in [-0.2, 0) is 11.3 Å². The second kappa shape index (κ2) is 5.58. The van der Waals surface area contributed by atoms with E-state index in [-0.39, 0.29) is 6.04 Å². The third-order valence-electron chi connectivity index (χ3n) is 1.85. The molecular formula is C12H17NO. The Morgan fingerprint density at radius 1 is 1.50 bits per heavy atom. The molecule has 0 radical (unpaired) electrons. The lowest BCUT2D eigenvalue weighted by atomic mass is 10.1. The molecule has 2 nitrogen and oxygen atoms in total. The fourth-order valence-corrected chi connectivity index (χ4v) is 1.22. The number of ether oxygens (including phenoxy) is 1. The number of benzene rings is 1. The van der Waals surface area contributed by atoms with Crippen molar-refractivity contribution in [3.8, 4) is 0 Å². The summed E-state index contributed by atoms with van der Waals surface area (Å²) >= 11 is 0. The van der Waals surface area contributed by atoms with Crippen molar-refractivity contribution >= 4 is 6.08 Å². The molecule has 1 aromatic rings. The van der Waals surface area contributed by atoms with Crippen molar-refractivity contribution in [3.63, 3.8) is 0 Å². The van der Waals surface area contributed by atoms with E-state index in [9.17, 15) is 0 Å². The fraction of sp³-hybridized carbons (Fsp3) is 0.333. The predicted octanol–water partition coefficient (Wildman–Crippen LogP) is 2.19. The van der Waals surface area contributed by atoms with Crippen molar-refractivity contribution in [1.29, 1.82) is 0 Å². The van der Waals surface area contributed by atoms with Crippen molar-refractivity contribution in [2.45, 2.75) is 19.6 Å². The Morgan fingerprint density at radius 3 is 2.93 bits per heavy atom. The molecule has 0 aromatic heterocycles. The average Bonchev–Trinajstić information content (AvgIpc) is 2.16. The summed E-state index contributed by atoms with van der Waals surface area (Å²) in [6, 6.07) is 8.32. The molecule has 1 unspecified atom stereocenters. The Bertz CT molecular complexity index is 305.